The lowest BCUT2D eigenvalue weighted by molar-refractivity contribution is 0.173. The van der Waals surface area contributed by atoms with Crippen molar-refractivity contribution in [3.63, 3.8) is 0 Å². The fraction of sp³-hybridized carbons (Fsp3) is 0.190. The second-order valence-electron chi connectivity index (χ2n) is 6.88. The zero-order valence-electron chi connectivity index (χ0n) is 14.3. The van der Waals surface area contributed by atoms with Gasteiger partial charge in [-0.2, -0.15) is 0 Å². The van der Waals surface area contributed by atoms with Crippen LogP contribution in [0.4, 0.5) is 5.69 Å². The molecule has 0 fully saturated rings. The summed E-state index contributed by atoms with van der Waals surface area (Å²) >= 11 is 7.82. The molecule has 3 aliphatic rings. The highest BCUT2D eigenvalue weighted by atomic mass is 32.1. The molecule has 0 bridgehead atoms. The molecule has 1 aromatic heterocycles. The average Bonchev–Trinajstić information content (AvgIpc) is 3.46. The van der Waals surface area contributed by atoms with Crippen molar-refractivity contribution in [3.8, 4) is 17.2 Å². The lowest BCUT2D eigenvalue weighted by Gasteiger charge is -2.26. The standard InChI is InChI=1S/C21H15NO3S2/c26-20-21(11-23-17-9-19-18(8-15(17)21)24-12-25-19)14-5-1-2-6-16(14)22(20)10-13-4-3-7-27-13/h1-9H,10-12H2. The van der Waals surface area contributed by atoms with Gasteiger partial charge in [-0.15, -0.1) is 11.3 Å². The van der Waals surface area contributed by atoms with Crippen LogP contribution in [-0.4, -0.2) is 18.4 Å². The first-order valence-electron chi connectivity index (χ1n) is 8.78. The summed E-state index contributed by atoms with van der Waals surface area (Å²) in [6.07, 6.45) is 0. The Bertz CT molecular complexity index is 1080. The maximum Gasteiger partial charge on any atom is 0.231 e. The second-order valence-corrected chi connectivity index (χ2v) is 8.30. The maximum atomic E-state index is 6.13. The lowest BCUT2D eigenvalue weighted by atomic mass is 9.77. The third-order valence-electron chi connectivity index (χ3n) is 5.54. The van der Waals surface area contributed by atoms with Crippen molar-refractivity contribution in [2.24, 2.45) is 0 Å². The van der Waals surface area contributed by atoms with Gasteiger partial charge in [0, 0.05) is 22.2 Å². The summed E-state index contributed by atoms with van der Waals surface area (Å²) in [5.74, 6) is 2.32. The van der Waals surface area contributed by atoms with Crippen LogP contribution in [0.2, 0.25) is 0 Å². The normalized spacial score (nSPS) is 21.5. The van der Waals surface area contributed by atoms with Crippen molar-refractivity contribution in [1.29, 1.82) is 0 Å². The van der Waals surface area contributed by atoms with E-state index in [0.717, 1.165) is 40.0 Å². The minimum absolute atomic E-state index is 0.247. The van der Waals surface area contributed by atoms with E-state index in [1.54, 1.807) is 11.3 Å². The quantitative estimate of drug-likeness (QED) is 0.598. The highest BCUT2D eigenvalue weighted by Gasteiger charge is 2.54. The first-order valence-corrected chi connectivity index (χ1v) is 10.1. The third-order valence-corrected chi connectivity index (χ3v) is 6.97. The number of hydrogen-bond acceptors (Lipinski definition) is 5. The monoisotopic (exact) mass is 393 g/mol. The number of hydrogen-bond donors (Lipinski definition) is 0. The van der Waals surface area contributed by atoms with Crippen molar-refractivity contribution in [2.75, 3.05) is 18.3 Å². The van der Waals surface area contributed by atoms with Crippen molar-refractivity contribution < 1.29 is 14.2 Å². The SMILES string of the molecule is S=C1N(Cc2cccs2)c2ccccc2C12COc1cc3c(cc12)OCO3. The number of nitrogens with zero attached hydrogens (tertiary/aromatic N) is 1. The third kappa shape index (κ3) is 2.00. The van der Waals surface area contributed by atoms with E-state index in [9.17, 15) is 0 Å². The van der Waals surface area contributed by atoms with E-state index >= 15 is 0 Å². The summed E-state index contributed by atoms with van der Waals surface area (Å²) in [5.41, 5.74) is 2.96. The summed E-state index contributed by atoms with van der Waals surface area (Å²) in [6, 6.07) is 16.7. The molecule has 4 heterocycles. The van der Waals surface area contributed by atoms with E-state index in [2.05, 4.69) is 46.7 Å². The molecule has 3 aromatic rings. The maximum absolute atomic E-state index is 6.13. The van der Waals surface area contributed by atoms with E-state index in [-0.39, 0.29) is 6.79 Å². The van der Waals surface area contributed by atoms with Gasteiger partial charge >= 0.3 is 0 Å². The predicted octanol–water partition coefficient (Wildman–Crippen LogP) is 4.50. The molecule has 27 heavy (non-hydrogen) atoms. The first-order chi connectivity index (χ1) is 13.3. The summed E-state index contributed by atoms with van der Waals surface area (Å²) < 4.78 is 17.3. The number of para-hydroxylation sites is 1. The molecule has 0 aliphatic carbocycles. The highest BCUT2D eigenvalue weighted by Crippen LogP contribution is 2.55. The zero-order valence-corrected chi connectivity index (χ0v) is 15.9. The van der Waals surface area contributed by atoms with Gasteiger partial charge in [0.05, 0.1) is 6.54 Å². The van der Waals surface area contributed by atoms with Gasteiger partial charge < -0.3 is 19.1 Å². The van der Waals surface area contributed by atoms with Gasteiger partial charge in [0.15, 0.2) is 11.5 Å². The van der Waals surface area contributed by atoms with Crippen molar-refractivity contribution in [1.82, 2.24) is 0 Å². The van der Waals surface area contributed by atoms with Gasteiger partial charge in [-0.25, -0.2) is 0 Å². The molecule has 6 heteroatoms. The van der Waals surface area contributed by atoms with Crippen LogP contribution in [0.5, 0.6) is 17.2 Å². The summed E-state index contributed by atoms with van der Waals surface area (Å²) in [7, 11) is 0. The van der Waals surface area contributed by atoms with Crippen LogP contribution in [0.3, 0.4) is 0 Å². The Balaban J connectivity index is 1.54. The number of thiocarbonyl (C=S) groups is 1. The molecule has 0 saturated heterocycles. The molecule has 2 aromatic carbocycles. The molecular weight excluding hydrogens is 378 g/mol. The molecule has 134 valence electrons. The van der Waals surface area contributed by atoms with Gasteiger partial charge in [-0.3, -0.25) is 0 Å². The summed E-state index contributed by atoms with van der Waals surface area (Å²) in [5, 5.41) is 2.10. The summed E-state index contributed by atoms with van der Waals surface area (Å²) in [4.78, 5) is 4.42. The first kappa shape index (κ1) is 15.5. The lowest BCUT2D eigenvalue weighted by Crippen LogP contribution is -2.40. The van der Waals surface area contributed by atoms with Gasteiger partial charge in [-0.05, 0) is 29.1 Å². The van der Waals surface area contributed by atoms with Gasteiger partial charge in [0.1, 0.15) is 22.8 Å². The van der Waals surface area contributed by atoms with Gasteiger partial charge in [0.2, 0.25) is 6.79 Å². The van der Waals surface area contributed by atoms with Crippen molar-refractivity contribution in [2.45, 2.75) is 12.0 Å². The molecule has 6 rings (SSSR count). The van der Waals surface area contributed by atoms with E-state index in [0.29, 0.717) is 6.61 Å². The molecule has 0 N–H and O–H groups in total. The molecule has 0 amide bonds. The van der Waals surface area contributed by atoms with Crippen molar-refractivity contribution >= 4 is 34.2 Å². The minimum Gasteiger partial charge on any atom is -0.491 e. The van der Waals surface area contributed by atoms with Crippen LogP contribution in [0.15, 0.2) is 53.9 Å². The minimum atomic E-state index is -0.459. The molecule has 1 atom stereocenters. The van der Waals surface area contributed by atoms with Gasteiger partial charge in [0.25, 0.3) is 0 Å². The largest absolute Gasteiger partial charge is 0.491 e. The van der Waals surface area contributed by atoms with Crippen LogP contribution >= 0.6 is 23.6 Å². The average molecular weight is 393 g/mol. The molecule has 0 radical (unpaired) electrons. The zero-order chi connectivity index (χ0) is 18.0. The molecule has 1 unspecified atom stereocenters. The number of rotatable bonds is 2. The second kappa shape index (κ2) is 5.47. The van der Waals surface area contributed by atoms with Crippen LogP contribution in [0.1, 0.15) is 16.0 Å². The molecular formula is C21H15NO3S2. The number of fused-ring (bicyclic) bond motifs is 5. The Morgan fingerprint density at radius 1 is 0.963 bits per heavy atom. The molecule has 0 saturated carbocycles. The number of anilines is 1. The van der Waals surface area contributed by atoms with Crippen LogP contribution in [0.25, 0.3) is 0 Å². The highest BCUT2D eigenvalue weighted by molar-refractivity contribution is 7.80. The van der Waals surface area contributed by atoms with Crippen LogP contribution in [0, 0.1) is 0 Å². The van der Waals surface area contributed by atoms with Crippen molar-refractivity contribution in [3.05, 3.63) is 69.9 Å². The van der Waals surface area contributed by atoms with Gasteiger partial charge in [-0.1, -0.05) is 36.5 Å². The van der Waals surface area contributed by atoms with Crippen LogP contribution < -0.4 is 19.1 Å². The van der Waals surface area contributed by atoms with E-state index in [1.165, 1.54) is 10.4 Å². The molecule has 4 nitrogen and oxygen atoms in total. The number of ether oxygens (including phenoxy) is 3. The topological polar surface area (TPSA) is 30.9 Å². The number of thiophene rings is 1. The predicted molar refractivity (Wildman–Crippen MR) is 108 cm³/mol. The summed E-state index contributed by atoms with van der Waals surface area (Å²) in [6.45, 7) is 1.52. The fourth-order valence-electron chi connectivity index (χ4n) is 4.28. The van der Waals surface area contributed by atoms with Crippen LogP contribution in [-0.2, 0) is 12.0 Å². The Labute approximate surface area is 165 Å². The Morgan fingerprint density at radius 2 is 1.81 bits per heavy atom. The number of benzene rings is 2. The Kier molecular flexibility index (Phi) is 3.14. The molecule has 3 aliphatic heterocycles. The van der Waals surface area contributed by atoms with E-state index < -0.39 is 5.41 Å². The fourth-order valence-corrected chi connectivity index (χ4v) is 5.41. The Morgan fingerprint density at radius 3 is 2.67 bits per heavy atom. The molecule has 1 spiro atoms. The van der Waals surface area contributed by atoms with E-state index in [1.807, 2.05) is 12.1 Å². The smallest absolute Gasteiger partial charge is 0.231 e. The Hall–Kier alpha value is -2.57. The van der Waals surface area contributed by atoms with E-state index in [4.69, 9.17) is 26.4 Å².